The molecule has 1 aromatic heterocycles. The van der Waals surface area contributed by atoms with Crippen LogP contribution in [0.3, 0.4) is 0 Å². The van der Waals surface area contributed by atoms with Crippen molar-refractivity contribution in [3.05, 3.63) is 29.3 Å². The monoisotopic (exact) mass is 316 g/mol. The first-order valence-corrected chi connectivity index (χ1v) is 6.16. The highest BCUT2D eigenvalue weighted by Gasteiger charge is 2.23. The second-order valence-corrected chi connectivity index (χ2v) is 4.65. The van der Waals surface area contributed by atoms with Crippen LogP contribution in [0.5, 0.6) is 17.2 Å². The number of nitrogens with zero attached hydrogens (tertiary/aromatic N) is 2. The van der Waals surface area contributed by atoms with Crippen molar-refractivity contribution < 1.29 is 35.1 Å². The van der Waals surface area contributed by atoms with E-state index >= 15 is 0 Å². The number of benzene rings is 2. The van der Waals surface area contributed by atoms with E-state index in [0.717, 1.165) is 12.1 Å². The molecule has 0 saturated carbocycles. The van der Waals surface area contributed by atoms with Crippen molar-refractivity contribution in [1.29, 1.82) is 0 Å². The fourth-order valence-electron chi connectivity index (χ4n) is 2.26. The Labute approximate surface area is 126 Å². The molecule has 0 fully saturated rings. The summed E-state index contributed by atoms with van der Waals surface area (Å²) in [5, 5.41) is 47.3. The smallest absolute Gasteiger partial charge is 0.341 e. The van der Waals surface area contributed by atoms with Gasteiger partial charge in [-0.3, -0.25) is 0 Å². The molecule has 0 radical (unpaired) electrons. The maximum Gasteiger partial charge on any atom is 0.341 e. The Bertz CT molecular complexity index is 1010. The molecule has 0 saturated heterocycles. The van der Waals surface area contributed by atoms with Crippen molar-refractivity contribution in [3.8, 4) is 17.2 Å². The van der Waals surface area contributed by atoms with Gasteiger partial charge in [0.2, 0.25) is 0 Å². The highest BCUT2D eigenvalue weighted by atomic mass is 16.4. The molecule has 1 heterocycles. The number of aromatic carboxylic acids is 2. The van der Waals surface area contributed by atoms with Gasteiger partial charge in [-0.2, -0.15) is 0 Å². The molecule has 0 amide bonds. The minimum Gasteiger partial charge on any atom is -0.507 e. The number of rotatable bonds is 2. The van der Waals surface area contributed by atoms with Crippen LogP contribution in [0.1, 0.15) is 20.7 Å². The van der Waals surface area contributed by atoms with Gasteiger partial charge in [0.25, 0.3) is 0 Å². The second-order valence-electron chi connectivity index (χ2n) is 4.65. The van der Waals surface area contributed by atoms with Crippen molar-refractivity contribution in [1.82, 2.24) is 9.97 Å². The zero-order valence-corrected chi connectivity index (χ0v) is 11.2. The van der Waals surface area contributed by atoms with Crippen molar-refractivity contribution >= 4 is 34.0 Å². The normalized spacial score (nSPS) is 11.0. The summed E-state index contributed by atoms with van der Waals surface area (Å²) in [4.78, 5) is 30.5. The van der Waals surface area contributed by atoms with E-state index in [1.54, 1.807) is 0 Å². The van der Waals surface area contributed by atoms with E-state index in [4.69, 9.17) is 5.11 Å². The summed E-state index contributed by atoms with van der Waals surface area (Å²) < 4.78 is 0. The Morgan fingerprint density at radius 1 is 0.783 bits per heavy atom. The molecule has 0 atom stereocenters. The number of carboxylic acid groups (broad SMARTS) is 2. The van der Waals surface area contributed by atoms with Crippen LogP contribution < -0.4 is 0 Å². The van der Waals surface area contributed by atoms with Crippen LogP contribution in [0.2, 0.25) is 0 Å². The average molecular weight is 316 g/mol. The summed E-state index contributed by atoms with van der Waals surface area (Å²) in [6.45, 7) is 0. The van der Waals surface area contributed by atoms with Gasteiger partial charge in [-0.1, -0.05) is 0 Å². The Hall–Kier alpha value is -3.62. The largest absolute Gasteiger partial charge is 0.507 e. The Balaban J connectivity index is 2.54. The first-order valence-electron chi connectivity index (χ1n) is 6.16. The summed E-state index contributed by atoms with van der Waals surface area (Å²) in [6, 6.07) is 3.31. The molecule has 0 aliphatic rings. The maximum atomic E-state index is 11.3. The number of hydrogen-bond donors (Lipinski definition) is 5. The predicted molar refractivity (Wildman–Crippen MR) is 76.0 cm³/mol. The topological polar surface area (TPSA) is 161 Å². The van der Waals surface area contributed by atoms with E-state index in [2.05, 4.69) is 9.97 Å². The number of phenols is 3. The fraction of sp³-hybridized carbons (Fsp3) is 0. The van der Waals surface area contributed by atoms with Gasteiger partial charge in [-0.25, -0.2) is 19.6 Å². The van der Waals surface area contributed by atoms with E-state index in [9.17, 15) is 30.0 Å². The van der Waals surface area contributed by atoms with Crippen LogP contribution in [-0.4, -0.2) is 47.4 Å². The molecule has 9 nitrogen and oxygen atoms in total. The lowest BCUT2D eigenvalue weighted by Gasteiger charge is -2.09. The molecule has 2 aromatic carbocycles. The molecule has 5 N–H and O–H groups in total. The standard InChI is InChI=1S/C14H8N2O7/c17-6-2-1-4-10(8(6)13(20)21)16-5-3-7(18)12(19)9(14(22)23)11(5)15-4/h1-3,17-19H,(H,20,21)(H,22,23). The van der Waals surface area contributed by atoms with E-state index < -0.39 is 40.3 Å². The quantitative estimate of drug-likeness (QED) is 0.346. The molecule has 0 aliphatic heterocycles. The molecule has 116 valence electrons. The maximum absolute atomic E-state index is 11.3. The minimum atomic E-state index is -1.53. The molecule has 0 bridgehead atoms. The van der Waals surface area contributed by atoms with Crippen molar-refractivity contribution in [3.63, 3.8) is 0 Å². The number of carboxylic acids is 2. The summed E-state index contributed by atoms with van der Waals surface area (Å²) in [7, 11) is 0. The molecular weight excluding hydrogens is 308 g/mol. The van der Waals surface area contributed by atoms with E-state index in [1.165, 1.54) is 6.07 Å². The third-order valence-electron chi connectivity index (χ3n) is 3.26. The van der Waals surface area contributed by atoms with Gasteiger partial charge >= 0.3 is 11.9 Å². The highest BCUT2D eigenvalue weighted by molar-refractivity contribution is 6.09. The number of fused-ring (bicyclic) bond motifs is 2. The van der Waals surface area contributed by atoms with Crippen LogP contribution in [0, 0.1) is 0 Å². The van der Waals surface area contributed by atoms with E-state index in [-0.39, 0.29) is 22.1 Å². The fourth-order valence-corrected chi connectivity index (χ4v) is 2.26. The number of aromatic nitrogens is 2. The van der Waals surface area contributed by atoms with Crippen LogP contribution in [0.25, 0.3) is 22.1 Å². The van der Waals surface area contributed by atoms with Crippen LogP contribution in [0.15, 0.2) is 18.2 Å². The molecule has 0 spiro atoms. The minimum absolute atomic E-state index is 0.0142. The molecule has 0 unspecified atom stereocenters. The third kappa shape index (κ3) is 2.02. The molecular formula is C14H8N2O7. The van der Waals surface area contributed by atoms with Crippen LogP contribution in [-0.2, 0) is 0 Å². The summed E-state index contributed by atoms with van der Waals surface area (Å²) >= 11 is 0. The third-order valence-corrected chi connectivity index (χ3v) is 3.26. The second kappa shape index (κ2) is 4.70. The molecule has 9 heteroatoms. The Morgan fingerprint density at radius 2 is 1.35 bits per heavy atom. The van der Waals surface area contributed by atoms with E-state index in [1.807, 2.05) is 0 Å². The van der Waals surface area contributed by atoms with Gasteiger partial charge in [0, 0.05) is 6.07 Å². The van der Waals surface area contributed by atoms with Crippen molar-refractivity contribution in [2.45, 2.75) is 0 Å². The van der Waals surface area contributed by atoms with Crippen LogP contribution in [0.4, 0.5) is 0 Å². The zero-order valence-electron chi connectivity index (χ0n) is 11.2. The molecule has 23 heavy (non-hydrogen) atoms. The van der Waals surface area contributed by atoms with Gasteiger partial charge in [0.1, 0.15) is 27.9 Å². The van der Waals surface area contributed by atoms with Gasteiger partial charge in [0.15, 0.2) is 11.5 Å². The number of aromatic hydroxyl groups is 3. The number of hydrogen-bond acceptors (Lipinski definition) is 7. The number of phenolic OH excluding ortho intramolecular Hbond substituents is 1. The zero-order chi connectivity index (χ0) is 16.9. The van der Waals surface area contributed by atoms with Crippen LogP contribution >= 0.6 is 0 Å². The van der Waals surface area contributed by atoms with Crippen molar-refractivity contribution in [2.75, 3.05) is 0 Å². The highest BCUT2D eigenvalue weighted by Crippen LogP contribution is 2.36. The summed E-state index contributed by atoms with van der Waals surface area (Å²) in [5.41, 5.74) is -1.67. The average Bonchev–Trinajstić information content (AvgIpc) is 2.46. The SMILES string of the molecule is O=C(O)c1c(O)ccc2nc3c(C(=O)O)c(O)c(O)cc3nc12. The van der Waals surface area contributed by atoms with Gasteiger partial charge < -0.3 is 25.5 Å². The first kappa shape index (κ1) is 14.3. The lowest BCUT2D eigenvalue weighted by atomic mass is 10.1. The van der Waals surface area contributed by atoms with Gasteiger partial charge in [0.05, 0.1) is 11.0 Å². The van der Waals surface area contributed by atoms with Gasteiger partial charge in [-0.15, -0.1) is 0 Å². The molecule has 0 aliphatic carbocycles. The number of carbonyl (C=O) groups is 2. The molecule has 3 rings (SSSR count). The summed E-state index contributed by atoms with van der Waals surface area (Å²) in [5.74, 6) is -5.10. The van der Waals surface area contributed by atoms with Crippen molar-refractivity contribution in [2.24, 2.45) is 0 Å². The van der Waals surface area contributed by atoms with Gasteiger partial charge in [-0.05, 0) is 12.1 Å². The Morgan fingerprint density at radius 3 is 1.96 bits per heavy atom. The predicted octanol–water partition coefficient (Wildman–Crippen LogP) is 1.30. The van der Waals surface area contributed by atoms with E-state index in [0.29, 0.717) is 0 Å². The Kier molecular flexibility index (Phi) is 2.93. The lowest BCUT2D eigenvalue weighted by molar-refractivity contribution is 0.0683. The first-order chi connectivity index (χ1) is 10.8. The molecule has 3 aromatic rings. The lowest BCUT2D eigenvalue weighted by Crippen LogP contribution is -2.04. The summed E-state index contributed by atoms with van der Waals surface area (Å²) in [6.07, 6.45) is 0.